The molecule has 4 saturated carbocycles. The number of carboxylic acids is 1. The molecule has 4 heteroatoms. The van der Waals surface area contributed by atoms with Crippen LogP contribution in [0.1, 0.15) is 58.8 Å². The average molecular weight is 332 g/mol. The van der Waals surface area contributed by atoms with Crippen LogP contribution in [-0.2, 0) is 9.59 Å². The van der Waals surface area contributed by atoms with Gasteiger partial charge in [-0.25, -0.2) is 0 Å². The number of aliphatic hydroxyl groups excluding tert-OH is 1. The number of aliphatic carboxylic acids is 1. The number of Topliss-reactive ketones (excluding diaryl/α,β-unsaturated/α-hetero) is 1. The van der Waals surface area contributed by atoms with Gasteiger partial charge in [0.25, 0.3) is 0 Å². The van der Waals surface area contributed by atoms with E-state index in [9.17, 15) is 19.8 Å². The lowest BCUT2D eigenvalue weighted by Gasteiger charge is -2.63. The number of aliphatic hydroxyl groups is 1. The minimum atomic E-state index is -1.16. The van der Waals surface area contributed by atoms with E-state index < -0.39 is 28.8 Å². The maximum atomic E-state index is 13.3. The van der Waals surface area contributed by atoms with Gasteiger partial charge in [-0.15, -0.1) is 0 Å². The molecule has 1 spiro atoms. The lowest BCUT2D eigenvalue weighted by Crippen LogP contribution is -2.67. The zero-order chi connectivity index (χ0) is 17.5. The van der Waals surface area contributed by atoms with Crippen molar-refractivity contribution in [1.82, 2.24) is 0 Å². The van der Waals surface area contributed by atoms with Gasteiger partial charge in [-0.3, -0.25) is 9.59 Å². The molecule has 2 N–H and O–H groups in total. The van der Waals surface area contributed by atoms with Crippen molar-refractivity contribution in [2.45, 2.75) is 64.9 Å². The van der Waals surface area contributed by atoms with Gasteiger partial charge >= 0.3 is 5.97 Å². The summed E-state index contributed by atoms with van der Waals surface area (Å²) >= 11 is 0. The third-order valence-electron chi connectivity index (χ3n) is 8.37. The first-order valence-corrected chi connectivity index (χ1v) is 9.30. The van der Waals surface area contributed by atoms with E-state index in [4.69, 9.17) is 0 Å². The molecule has 0 aromatic carbocycles. The highest BCUT2D eigenvalue weighted by Crippen LogP contribution is 2.70. The summed E-state index contributed by atoms with van der Waals surface area (Å²) in [5.41, 5.74) is -0.622. The molecular weight excluding hydrogens is 304 g/mol. The molecule has 4 aliphatic rings. The first-order valence-electron chi connectivity index (χ1n) is 9.30. The summed E-state index contributed by atoms with van der Waals surface area (Å²) in [5, 5.41) is 20.9. The fourth-order valence-electron chi connectivity index (χ4n) is 7.40. The third-order valence-corrected chi connectivity index (χ3v) is 8.37. The van der Waals surface area contributed by atoms with Crippen LogP contribution in [0.15, 0.2) is 12.2 Å². The van der Waals surface area contributed by atoms with Crippen LogP contribution in [0.4, 0.5) is 0 Å². The van der Waals surface area contributed by atoms with Crippen molar-refractivity contribution >= 4 is 11.8 Å². The molecule has 0 heterocycles. The second-order valence-electron chi connectivity index (χ2n) is 9.39. The summed E-state index contributed by atoms with van der Waals surface area (Å²) in [6, 6.07) is 0. The lowest BCUT2D eigenvalue weighted by molar-refractivity contribution is -0.207. The van der Waals surface area contributed by atoms with Gasteiger partial charge in [0.1, 0.15) is 6.10 Å². The second-order valence-corrected chi connectivity index (χ2v) is 9.39. The molecule has 0 saturated heterocycles. The van der Waals surface area contributed by atoms with Crippen LogP contribution in [0.25, 0.3) is 0 Å². The minimum absolute atomic E-state index is 0.0901. The van der Waals surface area contributed by atoms with Crippen LogP contribution in [0.3, 0.4) is 0 Å². The summed E-state index contributed by atoms with van der Waals surface area (Å²) in [4.78, 5) is 25.4. The Labute approximate surface area is 143 Å². The zero-order valence-electron chi connectivity index (χ0n) is 14.7. The lowest BCUT2D eigenvalue weighted by atomic mass is 9.40. The fourth-order valence-corrected chi connectivity index (χ4v) is 7.40. The number of ketones is 1. The van der Waals surface area contributed by atoms with Crippen molar-refractivity contribution in [2.75, 3.05) is 0 Å². The van der Waals surface area contributed by atoms with Crippen molar-refractivity contribution in [3.8, 4) is 0 Å². The van der Waals surface area contributed by atoms with E-state index in [0.717, 1.165) is 37.7 Å². The topological polar surface area (TPSA) is 74.6 Å². The molecule has 4 nitrogen and oxygen atoms in total. The van der Waals surface area contributed by atoms with Gasteiger partial charge in [-0.2, -0.15) is 0 Å². The molecule has 2 bridgehead atoms. The summed E-state index contributed by atoms with van der Waals surface area (Å²) in [7, 11) is 0. The van der Waals surface area contributed by atoms with Crippen LogP contribution in [0, 0.1) is 34.0 Å². The summed E-state index contributed by atoms with van der Waals surface area (Å²) in [5.74, 6) is -0.851. The molecule has 7 atom stereocenters. The zero-order valence-corrected chi connectivity index (χ0v) is 14.7. The Bertz CT molecular complexity index is 640. The van der Waals surface area contributed by atoms with Gasteiger partial charge in [0.2, 0.25) is 0 Å². The van der Waals surface area contributed by atoms with Gasteiger partial charge < -0.3 is 10.2 Å². The summed E-state index contributed by atoms with van der Waals surface area (Å²) < 4.78 is 0. The highest BCUT2D eigenvalue weighted by Gasteiger charge is 2.71. The molecule has 0 amide bonds. The maximum Gasteiger partial charge on any atom is 0.309 e. The van der Waals surface area contributed by atoms with Gasteiger partial charge in [0, 0.05) is 11.3 Å². The van der Waals surface area contributed by atoms with E-state index in [1.54, 1.807) is 6.92 Å². The molecule has 0 aromatic rings. The van der Waals surface area contributed by atoms with E-state index in [-0.39, 0.29) is 17.1 Å². The molecule has 4 aliphatic carbocycles. The number of allylic oxidation sites excluding steroid dienone is 1. The molecule has 24 heavy (non-hydrogen) atoms. The number of carbonyl (C=O) groups is 2. The van der Waals surface area contributed by atoms with Gasteiger partial charge in [0.05, 0.1) is 5.41 Å². The van der Waals surface area contributed by atoms with Crippen molar-refractivity contribution in [2.24, 2.45) is 34.0 Å². The van der Waals surface area contributed by atoms with E-state index in [0.29, 0.717) is 18.8 Å². The maximum absolute atomic E-state index is 13.3. The van der Waals surface area contributed by atoms with Crippen molar-refractivity contribution in [3.05, 3.63) is 12.2 Å². The Morgan fingerprint density at radius 3 is 2.62 bits per heavy atom. The Kier molecular flexibility index (Phi) is 3.21. The second kappa shape index (κ2) is 4.72. The first kappa shape index (κ1) is 16.3. The fraction of sp³-hybridized carbons (Fsp3) is 0.800. The molecule has 0 radical (unpaired) electrons. The standard InChI is InChI=1S/C20H28O4/c1-11-9-20-10-12(11)5-6-13(20)18(2)7-4-8-19(3,17(23)24)15(18)14(21)16(20)22/h12-15,21H,1,4-10H2,2-3H3,(H,23,24)/t12-,13+,14+,15+,18+,19-,20+/m1/s1. The van der Waals surface area contributed by atoms with Crippen LogP contribution < -0.4 is 0 Å². The number of hydrogen-bond acceptors (Lipinski definition) is 3. The number of fused-ring (bicyclic) bond motifs is 3. The van der Waals surface area contributed by atoms with Crippen LogP contribution in [-0.4, -0.2) is 28.1 Å². The van der Waals surface area contributed by atoms with Gasteiger partial charge in [-0.1, -0.05) is 25.5 Å². The predicted octanol–water partition coefficient (Wildman–Crippen LogP) is 3.19. The van der Waals surface area contributed by atoms with Crippen LogP contribution in [0.5, 0.6) is 0 Å². The van der Waals surface area contributed by atoms with Crippen LogP contribution in [0.2, 0.25) is 0 Å². The van der Waals surface area contributed by atoms with E-state index >= 15 is 0 Å². The normalized spacial score (nSPS) is 53.5. The summed E-state index contributed by atoms with van der Waals surface area (Å²) in [6.45, 7) is 8.09. The highest BCUT2D eigenvalue weighted by molar-refractivity contribution is 5.93. The molecule has 0 aromatic heterocycles. The van der Waals surface area contributed by atoms with E-state index in [1.165, 1.54) is 0 Å². The van der Waals surface area contributed by atoms with Crippen molar-refractivity contribution in [3.63, 3.8) is 0 Å². The Morgan fingerprint density at radius 2 is 1.96 bits per heavy atom. The molecule has 0 aliphatic heterocycles. The van der Waals surface area contributed by atoms with Crippen molar-refractivity contribution in [1.29, 1.82) is 0 Å². The average Bonchev–Trinajstić information content (AvgIpc) is 2.76. The van der Waals surface area contributed by atoms with Crippen molar-refractivity contribution < 1.29 is 19.8 Å². The van der Waals surface area contributed by atoms with E-state index in [1.807, 2.05) is 0 Å². The minimum Gasteiger partial charge on any atom is -0.481 e. The smallest absolute Gasteiger partial charge is 0.309 e. The molecule has 4 fully saturated rings. The Morgan fingerprint density at radius 1 is 1.25 bits per heavy atom. The van der Waals surface area contributed by atoms with E-state index in [2.05, 4.69) is 13.5 Å². The quantitative estimate of drug-likeness (QED) is 0.723. The number of rotatable bonds is 1. The molecule has 4 rings (SSSR count). The van der Waals surface area contributed by atoms with Gasteiger partial charge in [-0.05, 0) is 62.7 Å². The molecule has 0 unspecified atom stereocenters. The predicted molar refractivity (Wildman–Crippen MR) is 89.2 cm³/mol. The first-order chi connectivity index (χ1) is 11.2. The number of carbonyl (C=O) groups excluding carboxylic acids is 1. The monoisotopic (exact) mass is 332 g/mol. The van der Waals surface area contributed by atoms with Gasteiger partial charge in [0.15, 0.2) is 5.78 Å². The molecular formula is C20H28O4. The SMILES string of the molecule is C=C1C[C@]23C[C@H]1CC[C@H]2[C@]1(C)CCC[C@@](C)(C(=O)O)[C@H]1[C@H](O)C3=O. The Balaban J connectivity index is 1.87. The largest absolute Gasteiger partial charge is 0.481 e. The third kappa shape index (κ3) is 1.68. The highest BCUT2D eigenvalue weighted by atomic mass is 16.4. The Hall–Kier alpha value is -1.16. The molecule has 132 valence electrons. The number of hydrogen-bond donors (Lipinski definition) is 2. The van der Waals surface area contributed by atoms with Crippen LogP contribution >= 0.6 is 0 Å². The number of carboxylic acid groups (broad SMARTS) is 1. The summed E-state index contributed by atoms with van der Waals surface area (Å²) in [6.07, 6.45) is 4.69.